The van der Waals surface area contributed by atoms with Gasteiger partial charge in [-0.3, -0.25) is 0 Å². The molecule has 0 spiro atoms. The molecular formula is C12H23N3. The molecule has 0 fully saturated rings. The Kier molecular flexibility index (Phi) is 4.82. The van der Waals surface area contributed by atoms with Crippen molar-refractivity contribution in [3.8, 4) is 0 Å². The van der Waals surface area contributed by atoms with Gasteiger partial charge in [0.2, 0.25) is 0 Å². The van der Waals surface area contributed by atoms with Crippen LogP contribution >= 0.6 is 0 Å². The fraction of sp³-hybridized carbons (Fsp3) is 0.750. The number of hydrogen-bond donors (Lipinski definition) is 2. The molecule has 0 amide bonds. The Bertz CT molecular complexity index is 289. The predicted octanol–water partition coefficient (Wildman–Crippen LogP) is 2.21. The van der Waals surface area contributed by atoms with E-state index >= 15 is 0 Å². The Morgan fingerprint density at radius 3 is 2.67 bits per heavy atom. The molecule has 0 unspecified atom stereocenters. The van der Waals surface area contributed by atoms with Crippen molar-refractivity contribution in [3.63, 3.8) is 0 Å². The van der Waals surface area contributed by atoms with E-state index < -0.39 is 0 Å². The van der Waals surface area contributed by atoms with Crippen LogP contribution in [0, 0.1) is 6.92 Å². The molecule has 3 heteroatoms. The molecule has 1 rings (SSSR count). The van der Waals surface area contributed by atoms with Crippen molar-refractivity contribution in [1.82, 2.24) is 15.3 Å². The number of aromatic nitrogens is 2. The summed E-state index contributed by atoms with van der Waals surface area (Å²) in [6.45, 7) is 9.66. The first-order valence-electron chi connectivity index (χ1n) is 5.91. The molecule has 1 heterocycles. The van der Waals surface area contributed by atoms with Gasteiger partial charge in [-0.1, -0.05) is 20.8 Å². The first kappa shape index (κ1) is 12.2. The van der Waals surface area contributed by atoms with E-state index in [1.807, 2.05) is 0 Å². The second-order valence-corrected chi connectivity index (χ2v) is 4.32. The molecule has 15 heavy (non-hydrogen) atoms. The molecule has 0 aliphatic carbocycles. The second-order valence-electron chi connectivity index (χ2n) is 4.32. The summed E-state index contributed by atoms with van der Waals surface area (Å²) >= 11 is 0. The van der Waals surface area contributed by atoms with Crippen LogP contribution in [0.5, 0.6) is 0 Å². The van der Waals surface area contributed by atoms with E-state index in [9.17, 15) is 0 Å². The minimum Gasteiger partial charge on any atom is -0.346 e. The van der Waals surface area contributed by atoms with Crippen molar-refractivity contribution in [3.05, 3.63) is 17.2 Å². The maximum atomic E-state index is 4.56. The summed E-state index contributed by atoms with van der Waals surface area (Å²) in [6, 6.07) is 0.578. The van der Waals surface area contributed by atoms with Gasteiger partial charge in [0.25, 0.3) is 0 Å². The lowest BCUT2D eigenvalue weighted by Gasteiger charge is -2.06. The van der Waals surface area contributed by atoms with Gasteiger partial charge in [-0.25, -0.2) is 4.98 Å². The van der Waals surface area contributed by atoms with Crippen LogP contribution in [0.15, 0.2) is 0 Å². The predicted molar refractivity (Wildman–Crippen MR) is 64.2 cm³/mol. The normalized spacial score (nSPS) is 11.3. The van der Waals surface area contributed by atoms with Gasteiger partial charge in [0, 0.05) is 18.2 Å². The number of imidazole rings is 1. The molecule has 0 bridgehead atoms. The van der Waals surface area contributed by atoms with Gasteiger partial charge >= 0.3 is 0 Å². The third-order valence-electron chi connectivity index (χ3n) is 2.51. The summed E-state index contributed by atoms with van der Waals surface area (Å²) in [5.74, 6) is 1.13. The quantitative estimate of drug-likeness (QED) is 0.705. The summed E-state index contributed by atoms with van der Waals surface area (Å²) < 4.78 is 0. The van der Waals surface area contributed by atoms with E-state index in [1.54, 1.807) is 0 Å². The SMILES string of the molecule is CCc1nc(CCCNC(C)C)[nH]c1C. The number of aromatic amines is 1. The molecule has 0 saturated carbocycles. The second kappa shape index (κ2) is 5.91. The molecule has 0 saturated heterocycles. The Labute approximate surface area is 92.7 Å². The summed E-state index contributed by atoms with van der Waals surface area (Å²) in [5, 5.41) is 3.41. The average molecular weight is 209 g/mol. The fourth-order valence-corrected chi connectivity index (χ4v) is 1.67. The van der Waals surface area contributed by atoms with Crippen molar-refractivity contribution in [2.45, 2.75) is 53.0 Å². The largest absolute Gasteiger partial charge is 0.346 e. The first-order valence-corrected chi connectivity index (χ1v) is 5.91. The highest BCUT2D eigenvalue weighted by atomic mass is 14.9. The van der Waals surface area contributed by atoms with Gasteiger partial charge in [0.1, 0.15) is 5.82 Å². The van der Waals surface area contributed by atoms with Crippen molar-refractivity contribution < 1.29 is 0 Å². The van der Waals surface area contributed by atoms with Crippen molar-refractivity contribution in [2.24, 2.45) is 0 Å². The minimum absolute atomic E-state index is 0.578. The summed E-state index contributed by atoms with van der Waals surface area (Å²) in [7, 11) is 0. The number of hydrogen-bond acceptors (Lipinski definition) is 2. The Hall–Kier alpha value is -0.830. The highest BCUT2D eigenvalue weighted by molar-refractivity contribution is 5.12. The number of rotatable bonds is 6. The maximum absolute atomic E-state index is 4.56. The summed E-state index contributed by atoms with van der Waals surface area (Å²) in [4.78, 5) is 7.91. The van der Waals surface area contributed by atoms with Crippen LogP contribution in [-0.4, -0.2) is 22.6 Å². The van der Waals surface area contributed by atoms with E-state index in [-0.39, 0.29) is 0 Å². The smallest absolute Gasteiger partial charge is 0.106 e. The highest BCUT2D eigenvalue weighted by Crippen LogP contribution is 2.06. The van der Waals surface area contributed by atoms with Gasteiger partial charge in [-0.15, -0.1) is 0 Å². The van der Waals surface area contributed by atoms with Crippen molar-refractivity contribution >= 4 is 0 Å². The Morgan fingerprint density at radius 2 is 2.13 bits per heavy atom. The molecule has 0 aromatic carbocycles. The van der Waals surface area contributed by atoms with Crippen LogP contribution < -0.4 is 5.32 Å². The fourth-order valence-electron chi connectivity index (χ4n) is 1.67. The molecule has 0 aliphatic heterocycles. The monoisotopic (exact) mass is 209 g/mol. The third kappa shape index (κ3) is 4.04. The van der Waals surface area contributed by atoms with E-state index in [0.717, 1.165) is 31.6 Å². The van der Waals surface area contributed by atoms with Crippen LogP contribution in [-0.2, 0) is 12.8 Å². The molecule has 86 valence electrons. The standard InChI is InChI=1S/C12H23N3/c1-5-11-10(4)14-12(15-11)7-6-8-13-9(2)3/h9,13H,5-8H2,1-4H3,(H,14,15). The topological polar surface area (TPSA) is 40.7 Å². The zero-order valence-electron chi connectivity index (χ0n) is 10.4. The number of nitrogens with zero attached hydrogens (tertiary/aromatic N) is 1. The van der Waals surface area contributed by atoms with Crippen LogP contribution in [0.4, 0.5) is 0 Å². The maximum Gasteiger partial charge on any atom is 0.106 e. The van der Waals surface area contributed by atoms with Crippen molar-refractivity contribution in [2.75, 3.05) is 6.54 Å². The van der Waals surface area contributed by atoms with Crippen molar-refractivity contribution in [1.29, 1.82) is 0 Å². The van der Waals surface area contributed by atoms with Gasteiger partial charge in [-0.2, -0.15) is 0 Å². The Morgan fingerprint density at radius 1 is 1.40 bits per heavy atom. The molecule has 2 N–H and O–H groups in total. The van der Waals surface area contributed by atoms with Gasteiger partial charge in [0.15, 0.2) is 0 Å². The van der Waals surface area contributed by atoms with Crippen LogP contribution in [0.25, 0.3) is 0 Å². The van der Waals surface area contributed by atoms with Gasteiger partial charge in [0.05, 0.1) is 5.69 Å². The van der Waals surface area contributed by atoms with E-state index in [2.05, 4.69) is 43.0 Å². The lowest BCUT2D eigenvalue weighted by molar-refractivity contribution is 0.566. The number of aryl methyl sites for hydroxylation is 3. The first-order chi connectivity index (χ1) is 7.13. The zero-order chi connectivity index (χ0) is 11.3. The minimum atomic E-state index is 0.578. The molecular weight excluding hydrogens is 186 g/mol. The third-order valence-corrected chi connectivity index (χ3v) is 2.51. The Balaban J connectivity index is 2.31. The lowest BCUT2D eigenvalue weighted by Crippen LogP contribution is -2.24. The lowest BCUT2D eigenvalue weighted by atomic mass is 10.3. The molecule has 1 aromatic heterocycles. The molecule has 0 atom stereocenters. The summed E-state index contributed by atoms with van der Waals surface area (Å²) in [6.07, 6.45) is 3.21. The van der Waals surface area contributed by atoms with E-state index in [4.69, 9.17) is 0 Å². The van der Waals surface area contributed by atoms with E-state index in [1.165, 1.54) is 11.4 Å². The van der Waals surface area contributed by atoms with Crippen LogP contribution in [0.2, 0.25) is 0 Å². The zero-order valence-corrected chi connectivity index (χ0v) is 10.4. The van der Waals surface area contributed by atoms with Gasteiger partial charge in [-0.05, 0) is 26.3 Å². The summed E-state index contributed by atoms with van der Waals surface area (Å²) in [5.41, 5.74) is 2.44. The van der Waals surface area contributed by atoms with Crippen LogP contribution in [0.3, 0.4) is 0 Å². The number of nitrogens with one attached hydrogen (secondary N) is 2. The number of H-pyrrole nitrogens is 1. The molecule has 0 aliphatic rings. The molecule has 0 radical (unpaired) electrons. The average Bonchev–Trinajstić information content (AvgIpc) is 2.53. The molecule has 3 nitrogen and oxygen atoms in total. The molecule has 1 aromatic rings. The van der Waals surface area contributed by atoms with Crippen LogP contribution in [0.1, 0.15) is 44.4 Å². The van der Waals surface area contributed by atoms with Gasteiger partial charge < -0.3 is 10.3 Å². The van der Waals surface area contributed by atoms with E-state index in [0.29, 0.717) is 6.04 Å². The highest BCUT2D eigenvalue weighted by Gasteiger charge is 2.04.